The summed E-state index contributed by atoms with van der Waals surface area (Å²) < 4.78 is 0. The summed E-state index contributed by atoms with van der Waals surface area (Å²) in [5, 5.41) is 19.2. The molecule has 192 valence electrons. The molecule has 3 atom stereocenters. The van der Waals surface area contributed by atoms with Crippen LogP contribution in [0.4, 0.5) is 0 Å². The quantitative estimate of drug-likeness (QED) is 0.0761. The molecule has 1 fully saturated rings. The first-order chi connectivity index (χ1) is 15.9. The van der Waals surface area contributed by atoms with E-state index in [0.717, 1.165) is 0 Å². The Morgan fingerprint density at radius 2 is 1.26 bits per heavy atom. The first kappa shape index (κ1) is 29.3. The van der Waals surface area contributed by atoms with Gasteiger partial charge >= 0.3 is 11.9 Å². The zero-order valence-corrected chi connectivity index (χ0v) is 19.2. The molecule has 1 heterocycles. The van der Waals surface area contributed by atoms with E-state index in [9.17, 15) is 39.0 Å². The summed E-state index contributed by atoms with van der Waals surface area (Å²) in [6, 6.07) is -1.65. The normalized spacial score (nSPS) is 18.3. The van der Waals surface area contributed by atoms with Gasteiger partial charge in [0.2, 0.25) is 11.8 Å². The lowest BCUT2D eigenvalue weighted by molar-refractivity contribution is -0.155. The summed E-state index contributed by atoms with van der Waals surface area (Å²) in [6.07, 6.45) is -0.643. The molecule has 1 aliphatic heterocycles. The molecule has 0 aromatic rings. The number of nitrogens with two attached hydrogens (primary N) is 4. The molecule has 0 aliphatic carbocycles. The van der Waals surface area contributed by atoms with Crippen LogP contribution in [0.25, 0.3) is 0 Å². The molecule has 0 bridgehead atoms. The maximum Gasteiger partial charge on any atom is 0.331 e. The molecule has 13 nitrogen and oxygen atoms in total. The summed E-state index contributed by atoms with van der Waals surface area (Å²) in [4.78, 5) is 75.1. The van der Waals surface area contributed by atoms with Crippen molar-refractivity contribution in [2.45, 2.75) is 81.3 Å². The second-order valence-corrected chi connectivity index (χ2v) is 8.54. The predicted octanol–water partition coefficient (Wildman–Crippen LogP) is -1.76. The summed E-state index contributed by atoms with van der Waals surface area (Å²) in [7, 11) is 0. The zero-order chi connectivity index (χ0) is 26.1. The van der Waals surface area contributed by atoms with Crippen LogP contribution in [0.3, 0.4) is 0 Å². The number of carbonyl (C=O) groups excluding carboxylic acids is 4. The van der Waals surface area contributed by atoms with Gasteiger partial charge in [-0.05, 0) is 58.0 Å². The van der Waals surface area contributed by atoms with Crippen LogP contribution in [0.5, 0.6) is 0 Å². The highest BCUT2D eigenvalue weighted by Gasteiger charge is 2.50. The van der Waals surface area contributed by atoms with Crippen LogP contribution in [0.2, 0.25) is 0 Å². The summed E-state index contributed by atoms with van der Waals surface area (Å²) >= 11 is 0. The molecule has 0 aromatic carbocycles. The predicted molar refractivity (Wildman–Crippen MR) is 119 cm³/mol. The number of ketones is 2. The maximum absolute atomic E-state index is 13.3. The van der Waals surface area contributed by atoms with Crippen LogP contribution in [0.1, 0.15) is 64.2 Å². The molecule has 1 saturated heterocycles. The number of aliphatic carboxylic acids is 2. The van der Waals surface area contributed by atoms with E-state index in [-0.39, 0.29) is 51.6 Å². The van der Waals surface area contributed by atoms with E-state index in [1.165, 1.54) is 0 Å². The lowest BCUT2D eigenvalue weighted by atomic mass is 9.81. The third-order valence-corrected chi connectivity index (χ3v) is 6.10. The number of amides is 2. The minimum absolute atomic E-state index is 0.177. The Kier molecular flexibility index (Phi) is 10.9. The number of likely N-dealkylation sites (tertiary alicyclic amines) is 1. The molecule has 1 aliphatic rings. The molecule has 0 saturated carbocycles. The molecule has 34 heavy (non-hydrogen) atoms. The fourth-order valence-corrected chi connectivity index (χ4v) is 3.90. The van der Waals surface area contributed by atoms with E-state index in [1.807, 2.05) is 0 Å². The number of nitrogens with zero attached hydrogens (tertiary/aromatic N) is 1. The lowest BCUT2D eigenvalue weighted by Crippen LogP contribution is -2.62. The average Bonchev–Trinajstić information content (AvgIpc) is 3.11. The summed E-state index contributed by atoms with van der Waals surface area (Å²) in [5.41, 5.74) is 17.9. The number of carboxylic acids is 2. The summed E-state index contributed by atoms with van der Waals surface area (Å²) in [5.74, 6) is -6.66. The van der Waals surface area contributed by atoms with E-state index < -0.39 is 65.3 Å². The first-order valence-electron chi connectivity index (χ1n) is 11.2. The Hall–Kier alpha value is -2.74. The number of carboxylic acid groups (broad SMARTS) is 2. The van der Waals surface area contributed by atoms with Crippen molar-refractivity contribution >= 4 is 35.3 Å². The fraction of sp³-hybridized carbons (Fsp3) is 0.714. The maximum atomic E-state index is 13.3. The van der Waals surface area contributed by atoms with Crippen molar-refractivity contribution in [1.82, 2.24) is 4.90 Å². The van der Waals surface area contributed by atoms with E-state index in [0.29, 0.717) is 17.7 Å². The van der Waals surface area contributed by atoms with Gasteiger partial charge in [0.1, 0.15) is 6.04 Å². The number of carbonyl (C=O) groups is 6. The topological polar surface area (TPSA) is 250 Å². The number of unbranched alkanes of at least 4 members (excludes halogenated alkanes) is 2. The van der Waals surface area contributed by atoms with Gasteiger partial charge in [0.05, 0.1) is 0 Å². The molecular weight excluding hydrogens is 450 g/mol. The molecule has 0 spiro atoms. The molecular formula is C21H35N5O8. The van der Waals surface area contributed by atoms with E-state index in [4.69, 9.17) is 22.9 Å². The van der Waals surface area contributed by atoms with Gasteiger partial charge in [-0.1, -0.05) is 0 Å². The van der Waals surface area contributed by atoms with Gasteiger partial charge in [0.25, 0.3) is 0 Å². The highest BCUT2D eigenvalue weighted by molar-refractivity contribution is 6.14. The van der Waals surface area contributed by atoms with Gasteiger partial charge in [0, 0.05) is 19.3 Å². The Morgan fingerprint density at radius 1 is 0.824 bits per heavy atom. The van der Waals surface area contributed by atoms with Crippen LogP contribution < -0.4 is 22.9 Å². The van der Waals surface area contributed by atoms with E-state index in [1.54, 1.807) is 0 Å². The number of hydrogen-bond acceptors (Lipinski definition) is 10. The highest BCUT2D eigenvalue weighted by atomic mass is 16.4. The number of hydrogen-bond donors (Lipinski definition) is 6. The minimum atomic E-state index is -2.43. The van der Waals surface area contributed by atoms with Crippen molar-refractivity contribution in [2.75, 3.05) is 13.1 Å². The Balaban J connectivity index is 3.23. The molecule has 2 amide bonds. The molecule has 10 N–H and O–H groups in total. The smallest absolute Gasteiger partial charge is 0.331 e. The van der Waals surface area contributed by atoms with Crippen molar-refractivity contribution < 1.29 is 39.0 Å². The van der Waals surface area contributed by atoms with Gasteiger partial charge in [-0.2, -0.15) is 0 Å². The monoisotopic (exact) mass is 485 g/mol. The SMILES string of the molecule is NCCCCC(N)(C(=O)O)C(=O)CCC(C(=O)C(N)(CCCCN)C(=O)O)N1C(=O)CCC1=O. The average molecular weight is 486 g/mol. The van der Waals surface area contributed by atoms with Gasteiger partial charge < -0.3 is 33.1 Å². The number of imide groups is 1. The van der Waals surface area contributed by atoms with E-state index >= 15 is 0 Å². The van der Waals surface area contributed by atoms with Crippen LogP contribution in [0.15, 0.2) is 0 Å². The largest absolute Gasteiger partial charge is 0.480 e. The number of Topliss-reactive ketones (excluding diaryl/α,β-unsaturated/α-hetero) is 2. The first-order valence-corrected chi connectivity index (χ1v) is 11.2. The van der Waals surface area contributed by atoms with Gasteiger partial charge in [-0.3, -0.25) is 24.1 Å². The van der Waals surface area contributed by atoms with Gasteiger partial charge in [0.15, 0.2) is 22.6 Å². The van der Waals surface area contributed by atoms with E-state index in [2.05, 4.69) is 0 Å². The second-order valence-electron chi connectivity index (χ2n) is 8.54. The van der Waals surface area contributed by atoms with Crippen molar-refractivity contribution in [1.29, 1.82) is 0 Å². The molecule has 0 aromatic heterocycles. The van der Waals surface area contributed by atoms with Crippen molar-refractivity contribution in [2.24, 2.45) is 22.9 Å². The molecule has 0 radical (unpaired) electrons. The number of rotatable bonds is 17. The third-order valence-electron chi connectivity index (χ3n) is 6.10. The molecule has 3 unspecified atom stereocenters. The second kappa shape index (κ2) is 12.6. The summed E-state index contributed by atoms with van der Waals surface area (Å²) in [6.45, 7) is 0.514. The fourth-order valence-electron chi connectivity index (χ4n) is 3.90. The lowest BCUT2D eigenvalue weighted by Gasteiger charge is -2.33. The van der Waals surface area contributed by atoms with Crippen LogP contribution in [-0.2, 0) is 28.8 Å². The van der Waals surface area contributed by atoms with Crippen LogP contribution >= 0.6 is 0 Å². The molecule has 13 heteroatoms. The van der Waals surface area contributed by atoms with Crippen LogP contribution in [-0.4, -0.2) is 80.6 Å². The van der Waals surface area contributed by atoms with Crippen molar-refractivity contribution in [3.8, 4) is 0 Å². The highest BCUT2D eigenvalue weighted by Crippen LogP contribution is 2.26. The van der Waals surface area contributed by atoms with Crippen molar-refractivity contribution in [3.63, 3.8) is 0 Å². The molecule has 1 rings (SSSR count). The Bertz CT molecular complexity index is 803. The zero-order valence-electron chi connectivity index (χ0n) is 19.2. The Morgan fingerprint density at radius 3 is 1.68 bits per heavy atom. The Labute approximate surface area is 197 Å². The van der Waals surface area contributed by atoms with Gasteiger partial charge in [-0.25, -0.2) is 9.59 Å². The third kappa shape index (κ3) is 6.65. The standard InChI is InChI=1S/C21H35N5O8/c22-11-3-1-9-20(24,18(31)32)14(27)6-5-13(26-15(28)7-8-16(26)29)17(30)21(25,19(33)34)10-2-4-12-23/h13H,1-12,22-25H2,(H,31,32)(H,33,34). The minimum Gasteiger partial charge on any atom is -0.480 e. The van der Waals surface area contributed by atoms with Gasteiger partial charge in [-0.15, -0.1) is 0 Å². The van der Waals surface area contributed by atoms with Crippen LogP contribution in [0, 0.1) is 0 Å². The van der Waals surface area contributed by atoms with Crippen molar-refractivity contribution in [3.05, 3.63) is 0 Å².